The molecule has 120 valence electrons. The van der Waals surface area contributed by atoms with Gasteiger partial charge in [-0.05, 0) is 50.1 Å². The highest BCUT2D eigenvalue weighted by Crippen LogP contribution is 2.27. The van der Waals surface area contributed by atoms with Gasteiger partial charge in [0.25, 0.3) is 5.91 Å². The number of carbonyl (C=O) groups is 2. The first-order valence-corrected chi connectivity index (χ1v) is 7.66. The molecule has 0 fully saturated rings. The van der Waals surface area contributed by atoms with Gasteiger partial charge in [-0.1, -0.05) is 35.4 Å². The maximum Gasteiger partial charge on any atom is 0.251 e. The summed E-state index contributed by atoms with van der Waals surface area (Å²) in [6, 6.07) is 10.9. The zero-order chi connectivity index (χ0) is 17.0. The molecule has 0 aromatic heterocycles. The average Bonchev–Trinajstić information content (AvgIpc) is 2.49. The molecular formula is C18H19ClN2O2. The van der Waals surface area contributed by atoms with Gasteiger partial charge in [0.1, 0.15) is 0 Å². The molecule has 2 N–H and O–H groups in total. The van der Waals surface area contributed by atoms with Crippen LogP contribution in [0.2, 0.25) is 5.02 Å². The van der Waals surface area contributed by atoms with Crippen LogP contribution in [-0.4, -0.2) is 18.4 Å². The fourth-order valence-electron chi connectivity index (χ4n) is 2.23. The lowest BCUT2D eigenvalue weighted by Gasteiger charge is -2.12. The summed E-state index contributed by atoms with van der Waals surface area (Å²) < 4.78 is 0. The lowest BCUT2D eigenvalue weighted by atomic mass is 10.1. The van der Waals surface area contributed by atoms with Crippen LogP contribution in [0.5, 0.6) is 0 Å². The van der Waals surface area contributed by atoms with E-state index >= 15 is 0 Å². The number of rotatable bonds is 4. The fourth-order valence-corrected chi connectivity index (χ4v) is 2.59. The summed E-state index contributed by atoms with van der Waals surface area (Å²) in [5.74, 6) is -0.605. The number of carbonyl (C=O) groups excluding carboxylic acids is 2. The molecule has 0 atom stereocenters. The molecule has 5 heteroatoms. The Bertz CT molecular complexity index is 716. The summed E-state index contributed by atoms with van der Waals surface area (Å²) >= 11 is 6.15. The van der Waals surface area contributed by atoms with Crippen molar-refractivity contribution in [3.63, 3.8) is 0 Å². The number of benzene rings is 2. The van der Waals surface area contributed by atoms with E-state index in [-0.39, 0.29) is 18.4 Å². The predicted molar refractivity (Wildman–Crippen MR) is 93.1 cm³/mol. The Morgan fingerprint density at radius 3 is 2.26 bits per heavy atom. The van der Waals surface area contributed by atoms with Crippen molar-refractivity contribution in [1.82, 2.24) is 5.32 Å². The standard InChI is InChI=1S/C18H19ClN2O2/c1-11-4-6-14(7-5-11)18(23)20-10-16(22)21-17-13(3)8-12(2)9-15(17)19/h4-9H,10H2,1-3H3,(H,20,23)(H,21,22). The van der Waals surface area contributed by atoms with Gasteiger partial charge >= 0.3 is 0 Å². The summed E-state index contributed by atoms with van der Waals surface area (Å²) in [5.41, 5.74) is 4.08. The maximum absolute atomic E-state index is 12.0. The summed E-state index contributed by atoms with van der Waals surface area (Å²) in [6.07, 6.45) is 0. The number of amides is 2. The molecule has 0 aliphatic carbocycles. The first kappa shape index (κ1) is 17.0. The molecule has 23 heavy (non-hydrogen) atoms. The van der Waals surface area contributed by atoms with E-state index in [1.54, 1.807) is 18.2 Å². The van der Waals surface area contributed by atoms with Crippen molar-refractivity contribution in [1.29, 1.82) is 0 Å². The molecule has 0 saturated carbocycles. The van der Waals surface area contributed by atoms with Crippen LogP contribution < -0.4 is 10.6 Å². The topological polar surface area (TPSA) is 58.2 Å². The van der Waals surface area contributed by atoms with Gasteiger partial charge < -0.3 is 10.6 Å². The number of halogens is 1. The highest BCUT2D eigenvalue weighted by molar-refractivity contribution is 6.34. The average molecular weight is 331 g/mol. The van der Waals surface area contributed by atoms with E-state index in [0.717, 1.165) is 16.7 Å². The minimum atomic E-state index is -0.320. The Hall–Kier alpha value is -2.33. The number of hydrogen-bond donors (Lipinski definition) is 2. The van der Waals surface area contributed by atoms with Gasteiger partial charge in [0.05, 0.1) is 17.3 Å². The molecule has 0 aliphatic heterocycles. The third-order valence-electron chi connectivity index (χ3n) is 3.42. The number of hydrogen-bond acceptors (Lipinski definition) is 2. The Kier molecular flexibility index (Phi) is 5.40. The van der Waals surface area contributed by atoms with Crippen molar-refractivity contribution >= 4 is 29.1 Å². The molecule has 0 spiro atoms. The van der Waals surface area contributed by atoms with E-state index in [2.05, 4.69) is 10.6 Å². The Balaban J connectivity index is 1.95. The maximum atomic E-state index is 12.0. The number of anilines is 1. The molecule has 0 bridgehead atoms. The second-order valence-electron chi connectivity index (χ2n) is 5.54. The molecule has 0 heterocycles. The van der Waals surface area contributed by atoms with Gasteiger partial charge in [-0.2, -0.15) is 0 Å². The van der Waals surface area contributed by atoms with Crippen molar-refractivity contribution in [2.75, 3.05) is 11.9 Å². The molecule has 2 aromatic rings. The van der Waals surface area contributed by atoms with Crippen LogP contribution in [-0.2, 0) is 4.79 Å². The highest BCUT2D eigenvalue weighted by Gasteiger charge is 2.11. The predicted octanol–water partition coefficient (Wildman–Crippen LogP) is 3.63. The van der Waals surface area contributed by atoms with Gasteiger partial charge in [-0.15, -0.1) is 0 Å². The molecule has 0 radical (unpaired) electrons. The second-order valence-corrected chi connectivity index (χ2v) is 5.94. The second kappa shape index (κ2) is 7.29. The van der Waals surface area contributed by atoms with E-state index in [1.165, 1.54) is 0 Å². The number of nitrogens with one attached hydrogen (secondary N) is 2. The molecule has 2 rings (SSSR count). The normalized spacial score (nSPS) is 10.3. The van der Waals surface area contributed by atoms with Gasteiger partial charge in [-0.3, -0.25) is 9.59 Å². The molecule has 0 unspecified atom stereocenters. The lowest BCUT2D eigenvalue weighted by molar-refractivity contribution is -0.115. The molecule has 0 aliphatic rings. The van der Waals surface area contributed by atoms with Crippen LogP contribution in [0.4, 0.5) is 5.69 Å². The molecule has 2 amide bonds. The van der Waals surface area contributed by atoms with Crippen LogP contribution in [0.25, 0.3) is 0 Å². The van der Waals surface area contributed by atoms with Crippen molar-refractivity contribution in [3.8, 4) is 0 Å². The Morgan fingerprint density at radius 2 is 1.65 bits per heavy atom. The fraction of sp³-hybridized carbons (Fsp3) is 0.222. The van der Waals surface area contributed by atoms with Gasteiger partial charge in [0.2, 0.25) is 5.91 Å². The van der Waals surface area contributed by atoms with Crippen LogP contribution in [0.15, 0.2) is 36.4 Å². The van der Waals surface area contributed by atoms with E-state index in [0.29, 0.717) is 16.3 Å². The minimum Gasteiger partial charge on any atom is -0.343 e. The van der Waals surface area contributed by atoms with Crippen LogP contribution in [0.3, 0.4) is 0 Å². The van der Waals surface area contributed by atoms with Crippen LogP contribution in [0, 0.1) is 20.8 Å². The lowest BCUT2D eigenvalue weighted by Crippen LogP contribution is -2.33. The van der Waals surface area contributed by atoms with Crippen LogP contribution in [0.1, 0.15) is 27.0 Å². The quantitative estimate of drug-likeness (QED) is 0.899. The van der Waals surface area contributed by atoms with E-state index in [4.69, 9.17) is 11.6 Å². The first-order chi connectivity index (χ1) is 10.9. The van der Waals surface area contributed by atoms with E-state index < -0.39 is 0 Å². The zero-order valence-electron chi connectivity index (χ0n) is 13.4. The van der Waals surface area contributed by atoms with Crippen molar-refractivity contribution in [2.24, 2.45) is 0 Å². The van der Waals surface area contributed by atoms with Crippen molar-refractivity contribution in [3.05, 3.63) is 63.7 Å². The van der Waals surface area contributed by atoms with Gasteiger partial charge in [0.15, 0.2) is 0 Å². The smallest absolute Gasteiger partial charge is 0.251 e. The molecule has 0 saturated heterocycles. The third-order valence-corrected chi connectivity index (χ3v) is 3.72. The van der Waals surface area contributed by atoms with Crippen LogP contribution >= 0.6 is 11.6 Å². The molecule has 2 aromatic carbocycles. The third kappa shape index (κ3) is 4.57. The Morgan fingerprint density at radius 1 is 1.00 bits per heavy atom. The van der Waals surface area contributed by atoms with E-state index in [9.17, 15) is 9.59 Å². The summed E-state index contributed by atoms with van der Waals surface area (Å²) in [4.78, 5) is 24.0. The Labute approximate surface area is 140 Å². The van der Waals surface area contributed by atoms with Gasteiger partial charge in [-0.25, -0.2) is 0 Å². The van der Waals surface area contributed by atoms with E-state index in [1.807, 2.05) is 39.0 Å². The molecule has 4 nitrogen and oxygen atoms in total. The molecular weight excluding hydrogens is 312 g/mol. The SMILES string of the molecule is Cc1ccc(C(=O)NCC(=O)Nc2c(C)cc(C)cc2Cl)cc1. The summed E-state index contributed by atoms with van der Waals surface area (Å²) in [5, 5.41) is 5.82. The first-order valence-electron chi connectivity index (χ1n) is 7.28. The minimum absolute atomic E-state index is 0.115. The zero-order valence-corrected chi connectivity index (χ0v) is 14.1. The highest BCUT2D eigenvalue weighted by atomic mass is 35.5. The summed E-state index contributed by atoms with van der Waals surface area (Å²) in [6.45, 7) is 5.64. The summed E-state index contributed by atoms with van der Waals surface area (Å²) in [7, 11) is 0. The van der Waals surface area contributed by atoms with Crippen molar-refractivity contribution in [2.45, 2.75) is 20.8 Å². The number of aryl methyl sites for hydroxylation is 3. The van der Waals surface area contributed by atoms with Crippen molar-refractivity contribution < 1.29 is 9.59 Å². The monoisotopic (exact) mass is 330 g/mol. The largest absolute Gasteiger partial charge is 0.343 e. The van der Waals surface area contributed by atoms with Gasteiger partial charge in [0, 0.05) is 5.56 Å².